The van der Waals surface area contributed by atoms with E-state index in [0.29, 0.717) is 34.2 Å². The quantitative estimate of drug-likeness (QED) is 0.277. The maximum absolute atomic E-state index is 9.16. The SMILES string of the molecule is C=C(CN[C@H]1C(C)(C)[C@H](Oc2ccc(C#N)c(Cl)c2)C1(C)C)NC(C#CC1CCC(N2CCC3(CNC3)C2)CC1)OC. The van der Waals surface area contributed by atoms with E-state index in [1.54, 1.807) is 19.2 Å². The highest BCUT2D eigenvalue weighted by molar-refractivity contribution is 6.31. The number of likely N-dealkylation sites (tertiary alicyclic amines) is 1. The number of nitrogens with one attached hydrogen (secondary N) is 3. The second-order valence-electron chi connectivity index (χ2n) is 14.2. The molecular weight excluding hydrogens is 546 g/mol. The van der Waals surface area contributed by atoms with Crippen LogP contribution in [0.1, 0.15) is 65.4 Å². The van der Waals surface area contributed by atoms with E-state index < -0.39 is 0 Å². The minimum Gasteiger partial charge on any atom is -0.489 e. The number of halogens is 1. The molecule has 2 aliphatic heterocycles. The number of hydrogen-bond acceptors (Lipinski definition) is 7. The molecule has 0 bridgehead atoms. The molecule has 2 heterocycles. The van der Waals surface area contributed by atoms with Crippen molar-refractivity contribution in [2.24, 2.45) is 22.2 Å². The number of benzene rings is 1. The summed E-state index contributed by atoms with van der Waals surface area (Å²) in [5.41, 5.74) is 1.61. The van der Waals surface area contributed by atoms with E-state index in [2.05, 4.69) is 73.0 Å². The molecule has 1 unspecified atom stereocenters. The number of rotatable bonds is 9. The van der Waals surface area contributed by atoms with Crippen molar-refractivity contribution in [2.75, 3.05) is 39.8 Å². The van der Waals surface area contributed by atoms with Gasteiger partial charge in [0.05, 0.1) is 10.6 Å². The van der Waals surface area contributed by atoms with Gasteiger partial charge in [-0.1, -0.05) is 51.8 Å². The van der Waals surface area contributed by atoms with Crippen molar-refractivity contribution >= 4 is 11.6 Å². The summed E-state index contributed by atoms with van der Waals surface area (Å²) in [6.45, 7) is 18.7. The molecule has 5 rings (SSSR count). The third-order valence-electron chi connectivity index (χ3n) is 10.3. The average Bonchev–Trinajstić information content (AvgIpc) is 3.41. The molecule has 2 saturated heterocycles. The lowest BCUT2D eigenvalue weighted by Crippen LogP contribution is -2.74. The van der Waals surface area contributed by atoms with Crippen LogP contribution in [-0.2, 0) is 4.74 Å². The van der Waals surface area contributed by atoms with E-state index in [4.69, 9.17) is 26.3 Å². The first-order valence-electron chi connectivity index (χ1n) is 15.5. The Morgan fingerprint density at radius 3 is 2.48 bits per heavy atom. The van der Waals surface area contributed by atoms with Gasteiger partial charge in [0.25, 0.3) is 0 Å². The van der Waals surface area contributed by atoms with Crippen molar-refractivity contribution in [3.8, 4) is 23.7 Å². The van der Waals surface area contributed by atoms with Gasteiger partial charge in [-0.25, -0.2) is 0 Å². The molecule has 4 aliphatic rings. The van der Waals surface area contributed by atoms with Crippen molar-refractivity contribution < 1.29 is 9.47 Å². The Bertz CT molecular complexity index is 1230. The third-order valence-corrected chi connectivity index (χ3v) is 10.7. The largest absolute Gasteiger partial charge is 0.489 e. The first-order valence-corrected chi connectivity index (χ1v) is 15.9. The summed E-state index contributed by atoms with van der Waals surface area (Å²) in [6.07, 6.45) is 5.80. The predicted molar refractivity (Wildman–Crippen MR) is 168 cm³/mol. The second-order valence-corrected chi connectivity index (χ2v) is 14.6. The van der Waals surface area contributed by atoms with Gasteiger partial charge in [-0.2, -0.15) is 5.26 Å². The monoisotopic (exact) mass is 593 g/mol. The molecule has 0 radical (unpaired) electrons. The van der Waals surface area contributed by atoms with Gasteiger partial charge in [-0.3, -0.25) is 4.90 Å². The van der Waals surface area contributed by atoms with Crippen LogP contribution in [0.25, 0.3) is 0 Å². The van der Waals surface area contributed by atoms with Gasteiger partial charge in [0.2, 0.25) is 0 Å². The maximum atomic E-state index is 9.16. The lowest BCUT2D eigenvalue weighted by atomic mass is 9.49. The van der Waals surface area contributed by atoms with E-state index >= 15 is 0 Å². The zero-order valence-electron chi connectivity index (χ0n) is 26.0. The first kappa shape index (κ1) is 31.2. The van der Waals surface area contributed by atoms with Crippen molar-refractivity contribution in [2.45, 2.75) is 84.2 Å². The van der Waals surface area contributed by atoms with Crippen LogP contribution in [0.2, 0.25) is 5.02 Å². The summed E-state index contributed by atoms with van der Waals surface area (Å²) in [4.78, 5) is 2.75. The molecular formula is C34H48ClN5O2. The standard InChI is InChI=1S/C34H48ClN5O2/c1-23(19-38-30-32(2,3)31(33(30,4)5)42-27-13-10-25(18-36)28(35)17-27)39-29(41-6)14-9-24-7-11-26(12-8-24)40-16-15-34(22-40)20-37-21-34/h10,13,17,24,26,29-31,37-39H,1,7-8,11-12,15-16,19-22H2,2-6H3/t24?,26?,29?,30-,31-. The molecule has 228 valence electrons. The number of hydrogen-bond donors (Lipinski definition) is 3. The van der Waals surface area contributed by atoms with Crippen LogP contribution in [0.15, 0.2) is 30.5 Å². The highest BCUT2D eigenvalue weighted by Gasteiger charge is 2.63. The van der Waals surface area contributed by atoms with E-state index in [0.717, 1.165) is 11.7 Å². The smallest absolute Gasteiger partial charge is 0.190 e. The topological polar surface area (TPSA) is 81.6 Å². The number of methoxy groups -OCH3 is 1. The normalized spacial score (nSPS) is 29.7. The molecule has 7 nitrogen and oxygen atoms in total. The molecule has 0 amide bonds. The second kappa shape index (κ2) is 12.4. The molecule has 2 aliphatic carbocycles. The summed E-state index contributed by atoms with van der Waals surface area (Å²) in [7, 11) is 1.69. The van der Waals surface area contributed by atoms with Crippen molar-refractivity contribution in [1.82, 2.24) is 20.9 Å². The zero-order valence-corrected chi connectivity index (χ0v) is 26.7. The van der Waals surface area contributed by atoms with Gasteiger partial charge < -0.3 is 25.4 Å². The summed E-state index contributed by atoms with van der Waals surface area (Å²) in [5.74, 6) is 7.97. The van der Waals surface area contributed by atoms with E-state index in [1.807, 2.05) is 6.07 Å². The molecule has 1 spiro atoms. The fourth-order valence-electron chi connectivity index (χ4n) is 8.19. The van der Waals surface area contributed by atoms with Crippen molar-refractivity contribution in [1.29, 1.82) is 5.26 Å². The molecule has 0 aromatic heterocycles. The molecule has 3 N–H and O–H groups in total. The molecule has 1 aromatic carbocycles. The minimum atomic E-state index is -0.374. The fourth-order valence-corrected chi connectivity index (χ4v) is 8.41. The van der Waals surface area contributed by atoms with E-state index in [9.17, 15) is 0 Å². The van der Waals surface area contributed by atoms with Crippen LogP contribution >= 0.6 is 11.6 Å². The molecule has 1 atom stereocenters. The molecule has 1 aromatic rings. The molecule has 42 heavy (non-hydrogen) atoms. The highest BCUT2D eigenvalue weighted by Crippen LogP contribution is 2.55. The number of nitriles is 1. The summed E-state index contributed by atoms with van der Waals surface area (Å²) < 4.78 is 12.1. The summed E-state index contributed by atoms with van der Waals surface area (Å²) in [6, 6.07) is 8.28. The lowest BCUT2D eigenvalue weighted by molar-refractivity contribution is -0.167. The van der Waals surface area contributed by atoms with Gasteiger partial charge in [0.15, 0.2) is 6.23 Å². The zero-order chi connectivity index (χ0) is 30.1. The Morgan fingerprint density at radius 1 is 1.19 bits per heavy atom. The predicted octanol–water partition coefficient (Wildman–Crippen LogP) is 4.92. The maximum Gasteiger partial charge on any atom is 0.190 e. The number of nitrogens with zero attached hydrogens (tertiary/aromatic N) is 2. The highest BCUT2D eigenvalue weighted by atomic mass is 35.5. The number of ether oxygens (including phenoxy) is 2. The van der Waals surface area contributed by atoms with E-state index in [1.165, 1.54) is 58.3 Å². The lowest BCUT2D eigenvalue weighted by Gasteiger charge is -2.63. The van der Waals surface area contributed by atoms with Crippen LogP contribution in [0.5, 0.6) is 5.75 Å². The third kappa shape index (κ3) is 6.33. The van der Waals surface area contributed by atoms with Crippen LogP contribution in [0.3, 0.4) is 0 Å². The molecule has 8 heteroatoms. The Balaban J connectivity index is 1.07. The van der Waals surface area contributed by atoms with Crippen LogP contribution < -0.4 is 20.7 Å². The minimum absolute atomic E-state index is 0.0257. The van der Waals surface area contributed by atoms with Crippen LogP contribution in [0.4, 0.5) is 0 Å². The van der Waals surface area contributed by atoms with Crippen LogP contribution in [-0.4, -0.2) is 69.1 Å². The molecule has 2 saturated carbocycles. The van der Waals surface area contributed by atoms with Gasteiger partial charge in [0.1, 0.15) is 17.9 Å². The van der Waals surface area contributed by atoms with Crippen LogP contribution in [0, 0.1) is 45.3 Å². The Labute approximate surface area is 257 Å². The van der Waals surface area contributed by atoms with Gasteiger partial charge in [-0.15, -0.1) is 0 Å². The Hall–Kier alpha value is -2.26. The fraction of sp³-hybridized carbons (Fsp3) is 0.676. The first-order chi connectivity index (χ1) is 20.0. The summed E-state index contributed by atoms with van der Waals surface area (Å²) in [5, 5.41) is 20.1. The Kier molecular flexibility index (Phi) is 9.19. The summed E-state index contributed by atoms with van der Waals surface area (Å²) >= 11 is 6.24. The van der Waals surface area contributed by atoms with E-state index in [-0.39, 0.29) is 29.2 Å². The van der Waals surface area contributed by atoms with Gasteiger partial charge >= 0.3 is 0 Å². The van der Waals surface area contributed by atoms with Gasteiger partial charge in [-0.05, 0) is 56.7 Å². The molecule has 4 fully saturated rings. The van der Waals surface area contributed by atoms with Gasteiger partial charge in [0, 0.05) is 79.3 Å². The Morgan fingerprint density at radius 2 is 1.90 bits per heavy atom. The average molecular weight is 594 g/mol. The van der Waals surface area contributed by atoms with Crippen molar-refractivity contribution in [3.63, 3.8) is 0 Å². The van der Waals surface area contributed by atoms with Crippen molar-refractivity contribution in [3.05, 3.63) is 41.1 Å².